The van der Waals surface area contributed by atoms with Gasteiger partial charge in [-0.15, -0.1) is 0 Å². The molecule has 29 heavy (non-hydrogen) atoms. The summed E-state index contributed by atoms with van der Waals surface area (Å²) in [6, 6.07) is 7.03. The number of carbonyl (C=O) groups is 1. The number of nitrogen functional groups attached to an aromatic ring is 1. The van der Waals surface area contributed by atoms with Crippen molar-refractivity contribution in [1.82, 2.24) is 20.1 Å². The summed E-state index contributed by atoms with van der Waals surface area (Å²) in [7, 11) is 1.82. The molecule has 1 amide bonds. The van der Waals surface area contributed by atoms with Crippen molar-refractivity contribution in [3.8, 4) is 11.1 Å². The number of carbonyl (C=O) groups excluding carboxylic acids is 1. The molecule has 0 saturated heterocycles. The van der Waals surface area contributed by atoms with Gasteiger partial charge in [0.15, 0.2) is 0 Å². The van der Waals surface area contributed by atoms with Crippen LogP contribution in [0.5, 0.6) is 0 Å². The topological polar surface area (TPSA) is 95.1 Å². The molecular formula is C20H21Cl2N5O2. The predicted molar refractivity (Wildman–Crippen MR) is 114 cm³/mol. The highest BCUT2D eigenvalue weighted by atomic mass is 35.5. The van der Waals surface area contributed by atoms with Crippen LogP contribution in [0.3, 0.4) is 0 Å². The zero-order chi connectivity index (χ0) is 21.0. The Hall–Kier alpha value is -2.61. The summed E-state index contributed by atoms with van der Waals surface area (Å²) in [5.74, 6) is -0.148. The Morgan fingerprint density at radius 1 is 1.24 bits per heavy atom. The minimum Gasteiger partial charge on any atom is -0.383 e. The summed E-state index contributed by atoms with van der Waals surface area (Å²) < 4.78 is 7.44. The maximum atomic E-state index is 12.6. The van der Waals surface area contributed by atoms with Gasteiger partial charge in [-0.2, -0.15) is 5.10 Å². The summed E-state index contributed by atoms with van der Waals surface area (Å²) in [5, 5.41) is 7.93. The molecule has 0 bridgehead atoms. The third-order valence-corrected chi connectivity index (χ3v) is 5.01. The predicted octanol–water partition coefficient (Wildman–Crippen LogP) is 3.71. The van der Waals surface area contributed by atoms with Crippen LogP contribution in [0, 0.1) is 0 Å². The first-order valence-electron chi connectivity index (χ1n) is 8.91. The van der Waals surface area contributed by atoms with Gasteiger partial charge in [-0.1, -0.05) is 29.3 Å². The van der Waals surface area contributed by atoms with Crippen molar-refractivity contribution < 1.29 is 9.53 Å². The van der Waals surface area contributed by atoms with Crippen LogP contribution in [0.4, 0.5) is 5.82 Å². The number of anilines is 1. The number of halogens is 2. The molecule has 1 aromatic carbocycles. The minimum atomic E-state index is -0.314. The average Bonchev–Trinajstić information content (AvgIpc) is 3.13. The maximum absolute atomic E-state index is 12.6. The highest BCUT2D eigenvalue weighted by Crippen LogP contribution is 2.23. The second kappa shape index (κ2) is 9.26. The van der Waals surface area contributed by atoms with Crippen molar-refractivity contribution >= 4 is 34.9 Å². The van der Waals surface area contributed by atoms with E-state index in [2.05, 4.69) is 15.4 Å². The molecule has 2 aromatic heterocycles. The Balaban J connectivity index is 1.57. The number of hydrogen-bond acceptors (Lipinski definition) is 5. The fourth-order valence-electron chi connectivity index (χ4n) is 2.64. The molecule has 0 aliphatic heterocycles. The van der Waals surface area contributed by atoms with Crippen LogP contribution in [-0.4, -0.2) is 33.3 Å². The quantitative estimate of drug-likeness (QED) is 0.591. The summed E-state index contributed by atoms with van der Waals surface area (Å²) >= 11 is 11.9. The van der Waals surface area contributed by atoms with E-state index in [0.29, 0.717) is 28.8 Å². The number of aryl methyl sites for hydroxylation is 1. The van der Waals surface area contributed by atoms with E-state index in [1.165, 1.54) is 0 Å². The molecule has 0 aliphatic carbocycles. The summed E-state index contributed by atoms with van der Waals surface area (Å²) in [5.41, 5.74) is 8.72. The Morgan fingerprint density at radius 2 is 2.03 bits per heavy atom. The molecule has 7 nitrogen and oxygen atoms in total. The van der Waals surface area contributed by atoms with E-state index in [1.54, 1.807) is 35.3 Å². The minimum absolute atomic E-state index is 0.166. The molecule has 1 unspecified atom stereocenters. The number of nitrogens with one attached hydrogen (secondary N) is 1. The lowest BCUT2D eigenvalue weighted by Gasteiger charge is -2.15. The Morgan fingerprint density at radius 3 is 2.72 bits per heavy atom. The largest absolute Gasteiger partial charge is 0.383 e. The lowest BCUT2D eigenvalue weighted by molar-refractivity contribution is 0.0509. The lowest BCUT2D eigenvalue weighted by atomic mass is 10.1. The SMILES string of the molecule is CC(CNC(=O)c1cc(-c2cnn(C)c2)cnc1N)OCc1ccc(Cl)c(Cl)c1. The van der Waals surface area contributed by atoms with E-state index in [0.717, 1.165) is 16.7 Å². The van der Waals surface area contributed by atoms with Gasteiger partial charge in [0, 0.05) is 37.1 Å². The Bertz CT molecular complexity index is 1020. The second-order valence-electron chi connectivity index (χ2n) is 6.64. The number of aromatic nitrogens is 3. The first-order chi connectivity index (χ1) is 13.8. The molecule has 0 fully saturated rings. The number of pyridine rings is 1. The van der Waals surface area contributed by atoms with Crippen molar-refractivity contribution in [2.24, 2.45) is 7.05 Å². The number of nitrogens with two attached hydrogens (primary N) is 1. The normalized spacial score (nSPS) is 12.0. The van der Waals surface area contributed by atoms with Crippen LogP contribution in [0.2, 0.25) is 10.0 Å². The van der Waals surface area contributed by atoms with Crippen molar-refractivity contribution in [1.29, 1.82) is 0 Å². The van der Waals surface area contributed by atoms with Gasteiger partial charge < -0.3 is 15.8 Å². The van der Waals surface area contributed by atoms with Crippen LogP contribution in [0.25, 0.3) is 11.1 Å². The Kier molecular flexibility index (Phi) is 6.74. The molecule has 3 aromatic rings. The first kappa shape index (κ1) is 21.1. The molecule has 9 heteroatoms. The maximum Gasteiger partial charge on any atom is 0.255 e. The van der Waals surface area contributed by atoms with Gasteiger partial charge in [0.25, 0.3) is 5.91 Å². The highest BCUT2D eigenvalue weighted by Gasteiger charge is 2.14. The van der Waals surface area contributed by atoms with E-state index in [1.807, 2.05) is 26.2 Å². The van der Waals surface area contributed by atoms with Gasteiger partial charge in [0.2, 0.25) is 0 Å². The summed E-state index contributed by atoms with van der Waals surface area (Å²) in [6.07, 6.45) is 4.94. The number of ether oxygens (including phenoxy) is 1. The number of rotatable bonds is 7. The van der Waals surface area contributed by atoms with Gasteiger partial charge in [0.05, 0.1) is 34.5 Å². The molecule has 3 N–H and O–H groups in total. The molecule has 0 aliphatic rings. The highest BCUT2D eigenvalue weighted by molar-refractivity contribution is 6.42. The molecule has 2 heterocycles. The third kappa shape index (κ3) is 5.47. The van der Waals surface area contributed by atoms with Gasteiger partial charge in [-0.3, -0.25) is 9.48 Å². The second-order valence-corrected chi connectivity index (χ2v) is 7.45. The van der Waals surface area contributed by atoms with Crippen molar-refractivity contribution in [2.45, 2.75) is 19.6 Å². The van der Waals surface area contributed by atoms with Crippen LogP contribution in [0.15, 0.2) is 42.9 Å². The summed E-state index contributed by atoms with van der Waals surface area (Å²) in [4.78, 5) is 16.7. The summed E-state index contributed by atoms with van der Waals surface area (Å²) in [6.45, 7) is 2.54. The van der Waals surface area contributed by atoms with Gasteiger partial charge >= 0.3 is 0 Å². The molecule has 0 spiro atoms. The molecular weight excluding hydrogens is 413 g/mol. The molecule has 3 rings (SSSR count). The van der Waals surface area contributed by atoms with Crippen molar-refractivity contribution in [3.63, 3.8) is 0 Å². The number of hydrogen-bond donors (Lipinski definition) is 2. The molecule has 152 valence electrons. The molecule has 0 radical (unpaired) electrons. The van der Waals surface area contributed by atoms with Crippen LogP contribution in [0.1, 0.15) is 22.8 Å². The van der Waals surface area contributed by atoms with E-state index < -0.39 is 0 Å². The van der Waals surface area contributed by atoms with E-state index >= 15 is 0 Å². The van der Waals surface area contributed by atoms with Gasteiger partial charge in [-0.25, -0.2) is 4.98 Å². The monoisotopic (exact) mass is 433 g/mol. The van der Waals surface area contributed by atoms with Crippen LogP contribution >= 0.6 is 23.2 Å². The van der Waals surface area contributed by atoms with Crippen LogP contribution < -0.4 is 11.1 Å². The third-order valence-electron chi connectivity index (χ3n) is 4.27. The van der Waals surface area contributed by atoms with E-state index in [4.69, 9.17) is 33.7 Å². The first-order valence-corrected chi connectivity index (χ1v) is 9.67. The molecule has 1 atom stereocenters. The average molecular weight is 434 g/mol. The van der Waals surface area contributed by atoms with Crippen LogP contribution in [-0.2, 0) is 18.4 Å². The fourth-order valence-corrected chi connectivity index (χ4v) is 2.96. The zero-order valence-corrected chi connectivity index (χ0v) is 17.5. The van der Waals surface area contributed by atoms with Gasteiger partial charge in [0.1, 0.15) is 5.82 Å². The fraction of sp³-hybridized carbons (Fsp3) is 0.250. The van der Waals surface area contributed by atoms with E-state index in [9.17, 15) is 4.79 Å². The number of amides is 1. The Labute approximate surface area is 178 Å². The van der Waals surface area contributed by atoms with E-state index in [-0.39, 0.29) is 17.8 Å². The zero-order valence-electron chi connectivity index (χ0n) is 16.0. The number of benzene rings is 1. The lowest BCUT2D eigenvalue weighted by Crippen LogP contribution is -2.32. The van der Waals surface area contributed by atoms with Gasteiger partial charge in [-0.05, 0) is 30.7 Å². The number of nitrogens with zero attached hydrogens (tertiary/aromatic N) is 3. The van der Waals surface area contributed by atoms with Crippen molar-refractivity contribution in [3.05, 3.63) is 64.0 Å². The smallest absolute Gasteiger partial charge is 0.255 e. The molecule has 0 saturated carbocycles. The standard InChI is InChI=1S/C20H21Cl2N5O2/c1-12(29-11-13-3-4-17(21)18(22)5-13)7-25-20(28)16-6-14(8-24-19(16)23)15-9-26-27(2)10-15/h3-6,8-10,12H,7,11H2,1-2H3,(H2,23,24)(H,25,28). The van der Waals surface area contributed by atoms with Crippen molar-refractivity contribution in [2.75, 3.05) is 12.3 Å².